The highest BCUT2D eigenvalue weighted by molar-refractivity contribution is 7.47. The molecular formula is C76H148O17P2. The summed E-state index contributed by atoms with van der Waals surface area (Å²) < 4.78 is 68.5. The van der Waals surface area contributed by atoms with Crippen LogP contribution in [0.5, 0.6) is 0 Å². The molecule has 19 heteroatoms. The summed E-state index contributed by atoms with van der Waals surface area (Å²) in [5.41, 5.74) is 0. The monoisotopic (exact) mass is 1400 g/mol. The van der Waals surface area contributed by atoms with Gasteiger partial charge in [0.25, 0.3) is 0 Å². The van der Waals surface area contributed by atoms with Crippen molar-refractivity contribution >= 4 is 39.5 Å². The molecule has 0 amide bonds. The molecule has 3 N–H and O–H groups in total. The zero-order valence-corrected chi connectivity index (χ0v) is 64.1. The smallest absolute Gasteiger partial charge is 0.462 e. The van der Waals surface area contributed by atoms with E-state index in [0.717, 1.165) is 120 Å². The van der Waals surface area contributed by atoms with Crippen LogP contribution in [0.2, 0.25) is 0 Å². The van der Waals surface area contributed by atoms with Gasteiger partial charge in [-0.3, -0.25) is 37.3 Å². The predicted octanol–water partition coefficient (Wildman–Crippen LogP) is 22.0. The Morgan fingerprint density at radius 3 is 0.747 bits per heavy atom. The minimum absolute atomic E-state index is 0.106. The Morgan fingerprint density at radius 2 is 0.505 bits per heavy atom. The SMILES string of the molecule is CCC(C)CCCCCCCCC(=O)OC[C@H](COP(=O)(O)OC[C@H](O)COP(=O)(O)OC[C@@H](COC(=O)CCCCCCCCCCCCC(C)C)OC(=O)CCCCCCCCCCCCCCCCC(C)C)OC(=O)CCCCCCCCCCCCCCC(C)C. The molecule has 564 valence electrons. The van der Waals surface area contributed by atoms with E-state index in [1.165, 1.54) is 180 Å². The molecule has 0 saturated heterocycles. The molecule has 0 fully saturated rings. The minimum Gasteiger partial charge on any atom is -0.462 e. The number of phosphoric ester groups is 2. The van der Waals surface area contributed by atoms with Crippen LogP contribution in [0.25, 0.3) is 0 Å². The van der Waals surface area contributed by atoms with Gasteiger partial charge < -0.3 is 33.8 Å². The van der Waals surface area contributed by atoms with Crippen molar-refractivity contribution < 1.29 is 80.2 Å². The lowest BCUT2D eigenvalue weighted by Gasteiger charge is -2.21. The maximum absolute atomic E-state index is 13.1. The Kier molecular flexibility index (Phi) is 64.0. The topological polar surface area (TPSA) is 237 Å². The number of phosphoric acid groups is 2. The summed E-state index contributed by atoms with van der Waals surface area (Å²) in [4.78, 5) is 72.8. The number of carbonyl (C=O) groups excluding carboxylic acids is 4. The Hall–Kier alpha value is -1.94. The highest BCUT2D eigenvalue weighted by Crippen LogP contribution is 2.45. The van der Waals surface area contributed by atoms with Crippen LogP contribution in [-0.2, 0) is 65.4 Å². The fourth-order valence-electron chi connectivity index (χ4n) is 11.5. The lowest BCUT2D eigenvalue weighted by molar-refractivity contribution is -0.161. The highest BCUT2D eigenvalue weighted by atomic mass is 31.2. The van der Waals surface area contributed by atoms with Gasteiger partial charge in [-0.25, -0.2) is 9.13 Å². The molecule has 0 heterocycles. The summed E-state index contributed by atoms with van der Waals surface area (Å²) in [6.07, 6.45) is 49.9. The van der Waals surface area contributed by atoms with E-state index in [0.29, 0.717) is 25.7 Å². The van der Waals surface area contributed by atoms with Gasteiger partial charge in [0, 0.05) is 25.7 Å². The summed E-state index contributed by atoms with van der Waals surface area (Å²) in [5, 5.41) is 10.6. The van der Waals surface area contributed by atoms with Gasteiger partial charge in [-0.05, 0) is 49.4 Å². The summed E-state index contributed by atoms with van der Waals surface area (Å²) in [7, 11) is -9.91. The lowest BCUT2D eigenvalue weighted by Crippen LogP contribution is -2.30. The van der Waals surface area contributed by atoms with Crippen molar-refractivity contribution in [3.8, 4) is 0 Å². The van der Waals surface area contributed by atoms with Gasteiger partial charge in [-0.15, -0.1) is 0 Å². The van der Waals surface area contributed by atoms with Crippen molar-refractivity contribution in [1.82, 2.24) is 0 Å². The normalized spacial score (nSPS) is 14.4. The van der Waals surface area contributed by atoms with Gasteiger partial charge in [0.2, 0.25) is 0 Å². The molecule has 0 bridgehead atoms. The number of hydrogen-bond donors (Lipinski definition) is 3. The molecule has 0 aliphatic carbocycles. The Morgan fingerprint density at radius 1 is 0.295 bits per heavy atom. The number of aliphatic hydroxyl groups is 1. The third-order valence-electron chi connectivity index (χ3n) is 17.9. The first-order valence-corrected chi connectivity index (χ1v) is 42.2. The summed E-state index contributed by atoms with van der Waals surface area (Å²) >= 11 is 0. The molecule has 95 heavy (non-hydrogen) atoms. The maximum atomic E-state index is 13.1. The number of carbonyl (C=O) groups is 4. The van der Waals surface area contributed by atoms with Crippen LogP contribution in [0.4, 0.5) is 0 Å². The van der Waals surface area contributed by atoms with Gasteiger partial charge in [-0.1, -0.05) is 331 Å². The van der Waals surface area contributed by atoms with Crippen LogP contribution in [0.3, 0.4) is 0 Å². The fraction of sp³-hybridized carbons (Fsp3) is 0.947. The average Bonchev–Trinajstić information content (AvgIpc) is 3.28. The second-order valence-corrected chi connectivity index (χ2v) is 32.0. The zero-order chi connectivity index (χ0) is 70.3. The second-order valence-electron chi connectivity index (χ2n) is 29.1. The molecule has 0 aromatic rings. The third-order valence-corrected chi connectivity index (χ3v) is 19.8. The minimum atomic E-state index is -4.96. The number of hydrogen-bond acceptors (Lipinski definition) is 15. The molecule has 0 aliphatic heterocycles. The molecule has 0 aromatic heterocycles. The number of ether oxygens (including phenoxy) is 4. The van der Waals surface area contributed by atoms with E-state index < -0.39 is 97.5 Å². The molecule has 0 spiro atoms. The van der Waals surface area contributed by atoms with Crippen molar-refractivity contribution in [3.05, 3.63) is 0 Å². The first-order chi connectivity index (χ1) is 45.6. The first kappa shape index (κ1) is 93.1. The second kappa shape index (κ2) is 65.4. The number of esters is 4. The molecular weight excluding hydrogens is 1250 g/mol. The molecule has 0 aliphatic rings. The number of unbranched alkanes of at least 4 members (excludes halogenated alkanes) is 38. The van der Waals surface area contributed by atoms with E-state index in [4.69, 9.17) is 37.0 Å². The molecule has 17 nitrogen and oxygen atoms in total. The van der Waals surface area contributed by atoms with E-state index in [9.17, 15) is 43.2 Å². The summed E-state index contributed by atoms with van der Waals surface area (Å²) in [5.74, 6) is 0.940. The molecule has 0 rings (SSSR count). The largest absolute Gasteiger partial charge is 0.472 e. The van der Waals surface area contributed by atoms with Gasteiger partial charge in [0.15, 0.2) is 12.2 Å². The summed E-state index contributed by atoms with van der Waals surface area (Å²) in [6.45, 7) is 14.2. The molecule has 0 radical (unpaired) electrons. The van der Waals surface area contributed by atoms with Crippen LogP contribution in [0.1, 0.15) is 383 Å². The van der Waals surface area contributed by atoms with Gasteiger partial charge in [0.05, 0.1) is 26.4 Å². The molecule has 0 aromatic carbocycles. The molecule has 6 atom stereocenters. The van der Waals surface area contributed by atoms with Gasteiger partial charge in [0.1, 0.15) is 19.3 Å². The highest BCUT2D eigenvalue weighted by Gasteiger charge is 2.30. The Labute approximate surface area is 581 Å². The van der Waals surface area contributed by atoms with Gasteiger partial charge in [-0.2, -0.15) is 0 Å². The van der Waals surface area contributed by atoms with Crippen molar-refractivity contribution in [1.29, 1.82) is 0 Å². The van der Waals surface area contributed by atoms with Crippen LogP contribution in [0.15, 0.2) is 0 Å². The molecule has 3 unspecified atom stereocenters. The van der Waals surface area contributed by atoms with Crippen LogP contribution >= 0.6 is 15.6 Å². The van der Waals surface area contributed by atoms with Crippen molar-refractivity contribution in [2.45, 2.75) is 401 Å². The number of rotatable bonds is 73. The van der Waals surface area contributed by atoms with Crippen molar-refractivity contribution in [2.75, 3.05) is 39.6 Å². The first-order valence-electron chi connectivity index (χ1n) is 39.2. The van der Waals surface area contributed by atoms with Crippen molar-refractivity contribution in [3.63, 3.8) is 0 Å². The maximum Gasteiger partial charge on any atom is 0.472 e. The standard InChI is InChI=1S/C76H148O17P2/c1-9-69(8)55-47-39-34-35-41-49-57-74(79)87-63-72(93-76(81)59-51-43-33-27-19-15-14-17-23-29-37-45-53-67(4)5)65-91-95(84,85)89-61-70(77)60-88-94(82,83)90-64-71(62-86-73(78)56-48-40-31-25-21-20-24-30-38-46-54-68(6)7)92-75(80)58-50-42-32-26-18-13-11-10-12-16-22-28-36-44-52-66(2)3/h66-72,77H,9-65H2,1-8H3,(H,82,83)(H,84,85)/t69?,70-,71-,72-/m1/s1. The van der Waals surface area contributed by atoms with Gasteiger partial charge >= 0.3 is 39.5 Å². The van der Waals surface area contributed by atoms with E-state index in [2.05, 4.69) is 55.4 Å². The molecule has 0 saturated carbocycles. The third kappa shape index (κ3) is 69.0. The van der Waals surface area contributed by atoms with E-state index >= 15 is 0 Å². The Balaban J connectivity index is 5.26. The van der Waals surface area contributed by atoms with E-state index in [-0.39, 0.29) is 25.7 Å². The fourth-order valence-corrected chi connectivity index (χ4v) is 13.1. The lowest BCUT2D eigenvalue weighted by atomic mass is 10.00. The van der Waals surface area contributed by atoms with Crippen LogP contribution in [-0.4, -0.2) is 96.7 Å². The number of aliphatic hydroxyl groups excluding tert-OH is 1. The predicted molar refractivity (Wildman–Crippen MR) is 386 cm³/mol. The average molecular weight is 1400 g/mol. The van der Waals surface area contributed by atoms with Crippen molar-refractivity contribution in [2.24, 2.45) is 23.7 Å². The van der Waals surface area contributed by atoms with E-state index in [1.54, 1.807) is 0 Å². The van der Waals surface area contributed by atoms with Crippen LogP contribution < -0.4 is 0 Å². The zero-order valence-electron chi connectivity index (χ0n) is 62.3. The summed E-state index contributed by atoms with van der Waals surface area (Å²) in [6, 6.07) is 0. The quantitative estimate of drug-likeness (QED) is 0.0222. The van der Waals surface area contributed by atoms with E-state index in [1.807, 2.05) is 0 Å². The van der Waals surface area contributed by atoms with Crippen LogP contribution in [0, 0.1) is 23.7 Å². The Bertz CT molecular complexity index is 1870.